The average molecular weight is 440 g/mol. The second-order valence-electron chi connectivity index (χ2n) is 8.44. The molecule has 1 fully saturated rings. The zero-order valence-corrected chi connectivity index (χ0v) is 18.9. The Kier molecular flexibility index (Phi) is 6.74. The maximum Gasteiger partial charge on any atom is 0.257 e. The Balaban J connectivity index is 1.67. The van der Waals surface area contributed by atoms with Gasteiger partial charge in [-0.2, -0.15) is 5.10 Å². The summed E-state index contributed by atoms with van der Waals surface area (Å²) in [7, 11) is 3.20. The van der Waals surface area contributed by atoms with E-state index in [1.54, 1.807) is 25.3 Å². The number of hydrogen-bond donors (Lipinski definition) is 0. The van der Waals surface area contributed by atoms with Crippen molar-refractivity contribution in [1.29, 1.82) is 0 Å². The summed E-state index contributed by atoms with van der Waals surface area (Å²) >= 11 is 0. The van der Waals surface area contributed by atoms with Crippen molar-refractivity contribution in [3.05, 3.63) is 59.4 Å². The third-order valence-corrected chi connectivity index (χ3v) is 6.40. The molecule has 2 unspecified atom stereocenters. The fourth-order valence-corrected chi connectivity index (χ4v) is 4.56. The van der Waals surface area contributed by atoms with Gasteiger partial charge in [0.1, 0.15) is 17.3 Å². The lowest BCUT2D eigenvalue weighted by atomic mass is 9.97. The van der Waals surface area contributed by atoms with Crippen LogP contribution in [0.25, 0.3) is 0 Å². The Morgan fingerprint density at radius 3 is 2.72 bits per heavy atom. The molecule has 1 amide bonds. The Labute approximate surface area is 188 Å². The van der Waals surface area contributed by atoms with Crippen LogP contribution in [0, 0.1) is 5.82 Å². The van der Waals surface area contributed by atoms with Crippen LogP contribution in [0.5, 0.6) is 11.5 Å². The Hall–Kier alpha value is -2.93. The van der Waals surface area contributed by atoms with Crippen LogP contribution in [-0.4, -0.2) is 54.9 Å². The third-order valence-electron chi connectivity index (χ3n) is 6.40. The molecule has 2 aliphatic rings. The van der Waals surface area contributed by atoms with Crippen molar-refractivity contribution in [2.24, 2.45) is 5.10 Å². The molecule has 2 aliphatic heterocycles. The van der Waals surface area contributed by atoms with Crippen LogP contribution in [0.4, 0.5) is 4.39 Å². The predicted octanol–water partition coefficient (Wildman–Crippen LogP) is 4.40. The number of likely N-dealkylation sites (tertiary alicyclic amines) is 1. The maximum atomic E-state index is 13.9. The van der Waals surface area contributed by atoms with E-state index in [1.165, 1.54) is 18.6 Å². The van der Waals surface area contributed by atoms with Gasteiger partial charge in [0.05, 0.1) is 32.5 Å². The molecule has 2 aromatic rings. The summed E-state index contributed by atoms with van der Waals surface area (Å²) in [6, 6.07) is 12.0. The number of methoxy groups -OCH3 is 2. The lowest BCUT2D eigenvalue weighted by Gasteiger charge is -2.34. The Morgan fingerprint density at radius 1 is 1.16 bits per heavy atom. The highest BCUT2D eigenvalue weighted by molar-refractivity contribution is 6.03. The lowest BCUT2D eigenvalue weighted by Crippen LogP contribution is -2.44. The van der Waals surface area contributed by atoms with E-state index < -0.39 is 0 Å². The van der Waals surface area contributed by atoms with Gasteiger partial charge in [0, 0.05) is 29.7 Å². The van der Waals surface area contributed by atoms with Crippen LogP contribution in [0.3, 0.4) is 0 Å². The van der Waals surface area contributed by atoms with E-state index >= 15 is 0 Å². The summed E-state index contributed by atoms with van der Waals surface area (Å²) in [6.45, 7) is 3.40. The standard InChI is InChI=1S/C25H30FN3O3/c1-17-7-4-5-12-28(17)16-25(30)29-23(21-11-10-20(31-2)14-24(21)32-3)15-22(27-29)18-8-6-9-19(26)13-18/h6,8-11,13-14,17,23H,4-5,7,12,15-16H2,1-3H3. The Bertz CT molecular complexity index is 1010. The molecule has 0 spiro atoms. The summed E-state index contributed by atoms with van der Waals surface area (Å²) in [4.78, 5) is 15.7. The molecular formula is C25H30FN3O3. The highest BCUT2D eigenvalue weighted by Crippen LogP contribution is 2.39. The highest BCUT2D eigenvalue weighted by Gasteiger charge is 2.36. The normalized spacial score (nSPS) is 21.4. The van der Waals surface area contributed by atoms with Crippen LogP contribution in [0.15, 0.2) is 47.6 Å². The summed E-state index contributed by atoms with van der Waals surface area (Å²) < 4.78 is 24.8. The van der Waals surface area contributed by atoms with Gasteiger partial charge >= 0.3 is 0 Å². The first-order chi connectivity index (χ1) is 15.5. The van der Waals surface area contributed by atoms with Crippen molar-refractivity contribution in [1.82, 2.24) is 9.91 Å². The van der Waals surface area contributed by atoms with Gasteiger partial charge in [0.15, 0.2) is 0 Å². The monoisotopic (exact) mass is 439 g/mol. The second-order valence-corrected chi connectivity index (χ2v) is 8.44. The first kappa shape index (κ1) is 22.3. The van der Waals surface area contributed by atoms with Crippen molar-refractivity contribution >= 4 is 11.6 Å². The lowest BCUT2D eigenvalue weighted by molar-refractivity contribution is -0.135. The van der Waals surface area contributed by atoms with Gasteiger partial charge in [-0.05, 0) is 50.6 Å². The van der Waals surface area contributed by atoms with Crippen molar-refractivity contribution < 1.29 is 18.7 Å². The van der Waals surface area contributed by atoms with Gasteiger partial charge in [-0.25, -0.2) is 9.40 Å². The number of rotatable bonds is 6. The predicted molar refractivity (Wildman–Crippen MR) is 122 cm³/mol. The second kappa shape index (κ2) is 9.69. The minimum absolute atomic E-state index is 0.0620. The van der Waals surface area contributed by atoms with E-state index in [4.69, 9.17) is 9.47 Å². The van der Waals surface area contributed by atoms with E-state index in [0.717, 1.165) is 24.9 Å². The van der Waals surface area contributed by atoms with Crippen LogP contribution in [0.1, 0.15) is 49.8 Å². The largest absolute Gasteiger partial charge is 0.497 e. The van der Waals surface area contributed by atoms with Gasteiger partial charge in [-0.3, -0.25) is 9.69 Å². The molecule has 32 heavy (non-hydrogen) atoms. The number of carbonyl (C=O) groups is 1. The van der Waals surface area contributed by atoms with Gasteiger partial charge in [0.25, 0.3) is 5.91 Å². The summed E-state index contributed by atoms with van der Waals surface area (Å²) in [5, 5.41) is 6.25. The number of carbonyl (C=O) groups excluding carboxylic acids is 1. The zero-order valence-electron chi connectivity index (χ0n) is 18.9. The molecule has 2 heterocycles. The molecule has 0 saturated carbocycles. The van der Waals surface area contributed by atoms with Crippen LogP contribution < -0.4 is 9.47 Å². The van der Waals surface area contributed by atoms with E-state index in [2.05, 4.69) is 16.9 Å². The molecule has 7 heteroatoms. The first-order valence-electron chi connectivity index (χ1n) is 11.1. The molecule has 0 aromatic heterocycles. The highest BCUT2D eigenvalue weighted by atomic mass is 19.1. The first-order valence-corrected chi connectivity index (χ1v) is 11.1. The quantitative estimate of drug-likeness (QED) is 0.670. The van der Waals surface area contributed by atoms with Crippen LogP contribution in [0.2, 0.25) is 0 Å². The Morgan fingerprint density at radius 2 is 2.00 bits per heavy atom. The average Bonchev–Trinajstić information content (AvgIpc) is 3.25. The van der Waals surface area contributed by atoms with Crippen molar-refractivity contribution in [2.75, 3.05) is 27.3 Å². The molecule has 4 rings (SSSR count). The molecule has 2 aromatic carbocycles. The number of nitrogens with zero attached hydrogens (tertiary/aromatic N) is 3. The van der Waals surface area contributed by atoms with Gasteiger partial charge in [0.2, 0.25) is 0 Å². The molecule has 170 valence electrons. The van der Waals surface area contributed by atoms with E-state index in [0.29, 0.717) is 41.8 Å². The molecular weight excluding hydrogens is 409 g/mol. The number of hydrazone groups is 1. The van der Waals surface area contributed by atoms with Crippen molar-refractivity contribution in [3.8, 4) is 11.5 Å². The summed E-state index contributed by atoms with van der Waals surface area (Å²) in [6.07, 6.45) is 3.88. The number of amides is 1. The van der Waals surface area contributed by atoms with Crippen LogP contribution in [-0.2, 0) is 4.79 Å². The summed E-state index contributed by atoms with van der Waals surface area (Å²) in [5.41, 5.74) is 2.22. The smallest absolute Gasteiger partial charge is 0.257 e. The number of hydrogen-bond acceptors (Lipinski definition) is 5. The molecule has 1 saturated heterocycles. The van der Waals surface area contributed by atoms with Crippen molar-refractivity contribution in [2.45, 2.75) is 44.7 Å². The SMILES string of the molecule is COc1ccc(C2CC(c3cccc(F)c3)=NN2C(=O)CN2CCCCC2C)c(OC)c1. The van der Waals surface area contributed by atoms with E-state index in [9.17, 15) is 9.18 Å². The molecule has 0 bridgehead atoms. The fourth-order valence-electron chi connectivity index (χ4n) is 4.56. The molecule has 0 radical (unpaired) electrons. The zero-order chi connectivity index (χ0) is 22.7. The van der Waals surface area contributed by atoms with E-state index in [1.807, 2.05) is 24.3 Å². The molecule has 0 N–H and O–H groups in total. The number of ether oxygens (including phenoxy) is 2. The number of piperidine rings is 1. The van der Waals surface area contributed by atoms with Crippen LogP contribution >= 0.6 is 0 Å². The topological polar surface area (TPSA) is 54.4 Å². The van der Waals surface area contributed by atoms with Gasteiger partial charge < -0.3 is 9.47 Å². The number of benzene rings is 2. The third kappa shape index (κ3) is 4.63. The van der Waals surface area contributed by atoms with Gasteiger partial charge in [-0.15, -0.1) is 0 Å². The van der Waals surface area contributed by atoms with Gasteiger partial charge in [-0.1, -0.05) is 18.6 Å². The molecule has 6 nitrogen and oxygen atoms in total. The number of halogens is 1. The van der Waals surface area contributed by atoms with Crippen molar-refractivity contribution in [3.63, 3.8) is 0 Å². The minimum atomic E-state index is -0.332. The summed E-state index contributed by atoms with van der Waals surface area (Å²) in [5.74, 6) is 0.924. The molecule has 0 aliphatic carbocycles. The molecule has 2 atom stereocenters. The minimum Gasteiger partial charge on any atom is -0.497 e. The van der Waals surface area contributed by atoms with E-state index in [-0.39, 0.29) is 17.8 Å². The maximum absolute atomic E-state index is 13.9. The fraction of sp³-hybridized carbons (Fsp3) is 0.440.